The highest BCUT2D eigenvalue weighted by molar-refractivity contribution is 6.00. The summed E-state index contributed by atoms with van der Waals surface area (Å²) in [7, 11) is 3.92. The second-order valence-corrected chi connectivity index (χ2v) is 5.10. The van der Waals surface area contributed by atoms with Crippen LogP contribution >= 0.6 is 0 Å². The van der Waals surface area contributed by atoms with Crippen LogP contribution in [-0.2, 0) is 4.74 Å². The van der Waals surface area contributed by atoms with Gasteiger partial charge < -0.3 is 25.0 Å². The van der Waals surface area contributed by atoms with Crippen molar-refractivity contribution in [1.29, 1.82) is 0 Å². The molecule has 21 heavy (non-hydrogen) atoms. The van der Waals surface area contributed by atoms with Crippen LogP contribution < -0.4 is 5.32 Å². The van der Waals surface area contributed by atoms with Gasteiger partial charge in [0.05, 0.1) is 18.8 Å². The Balaban J connectivity index is 2.48. The molecule has 7 heteroatoms. The van der Waals surface area contributed by atoms with Crippen molar-refractivity contribution >= 4 is 11.9 Å². The molecule has 0 unspecified atom stereocenters. The SMILES string of the molecule is Cc1[nH]c(C(=O)O)c(C)c1C(=O)NCCOCCN(C)C. The highest BCUT2D eigenvalue weighted by Gasteiger charge is 2.21. The molecule has 0 atom stereocenters. The monoisotopic (exact) mass is 297 g/mol. The first-order valence-electron chi connectivity index (χ1n) is 6.77. The number of aromatic nitrogens is 1. The van der Waals surface area contributed by atoms with E-state index in [2.05, 4.69) is 10.3 Å². The lowest BCUT2D eigenvalue weighted by atomic mass is 10.1. The number of likely N-dealkylation sites (N-methyl/N-ethyl adjacent to an activating group) is 1. The van der Waals surface area contributed by atoms with Crippen LogP contribution in [0.2, 0.25) is 0 Å². The van der Waals surface area contributed by atoms with Crippen LogP contribution in [0.1, 0.15) is 32.1 Å². The van der Waals surface area contributed by atoms with E-state index in [9.17, 15) is 9.59 Å². The molecule has 0 aromatic carbocycles. The molecule has 0 fully saturated rings. The molecular weight excluding hydrogens is 274 g/mol. The zero-order valence-electron chi connectivity index (χ0n) is 12.9. The number of nitrogens with one attached hydrogen (secondary N) is 2. The Labute approximate surface area is 124 Å². The lowest BCUT2D eigenvalue weighted by molar-refractivity contribution is 0.0690. The number of aromatic carboxylic acids is 1. The highest BCUT2D eigenvalue weighted by Crippen LogP contribution is 2.17. The van der Waals surface area contributed by atoms with Gasteiger partial charge in [-0.1, -0.05) is 0 Å². The van der Waals surface area contributed by atoms with Crippen LogP contribution in [0, 0.1) is 13.8 Å². The van der Waals surface area contributed by atoms with Crippen LogP contribution in [0.25, 0.3) is 0 Å². The van der Waals surface area contributed by atoms with Crippen molar-refractivity contribution in [3.63, 3.8) is 0 Å². The Morgan fingerprint density at radius 1 is 1.29 bits per heavy atom. The number of aryl methyl sites for hydroxylation is 1. The van der Waals surface area contributed by atoms with Gasteiger partial charge >= 0.3 is 5.97 Å². The van der Waals surface area contributed by atoms with E-state index in [4.69, 9.17) is 9.84 Å². The first kappa shape index (κ1) is 17.2. The van der Waals surface area contributed by atoms with Crippen molar-refractivity contribution in [1.82, 2.24) is 15.2 Å². The van der Waals surface area contributed by atoms with E-state index in [0.29, 0.717) is 36.6 Å². The smallest absolute Gasteiger partial charge is 0.352 e. The third-order valence-corrected chi connectivity index (χ3v) is 3.09. The predicted octanol–water partition coefficient (Wildman–Crippen LogP) is 0.638. The fourth-order valence-corrected chi connectivity index (χ4v) is 1.98. The first-order chi connectivity index (χ1) is 9.84. The fourth-order valence-electron chi connectivity index (χ4n) is 1.98. The molecule has 1 amide bonds. The summed E-state index contributed by atoms with van der Waals surface area (Å²) < 4.78 is 5.38. The van der Waals surface area contributed by atoms with E-state index in [-0.39, 0.29) is 11.6 Å². The minimum atomic E-state index is -1.07. The van der Waals surface area contributed by atoms with Crippen LogP contribution in [0.5, 0.6) is 0 Å². The molecule has 3 N–H and O–H groups in total. The molecule has 1 aromatic heterocycles. The van der Waals surface area contributed by atoms with Crippen molar-refractivity contribution in [3.05, 3.63) is 22.5 Å². The predicted molar refractivity (Wildman–Crippen MR) is 78.9 cm³/mol. The van der Waals surface area contributed by atoms with Gasteiger partial charge in [0.2, 0.25) is 0 Å². The number of hydrogen-bond donors (Lipinski definition) is 3. The number of amides is 1. The molecule has 1 aromatic rings. The third kappa shape index (κ3) is 4.87. The molecule has 0 aliphatic carbocycles. The van der Waals surface area contributed by atoms with E-state index < -0.39 is 5.97 Å². The van der Waals surface area contributed by atoms with Gasteiger partial charge in [0.15, 0.2) is 0 Å². The van der Waals surface area contributed by atoms with Crippen LogP contribution in [0.15, 0.2) is 0 Å². The number of aromatic amines is 1. The van der Waals surface area contributed by atoms with Crippen LogP contribution in [0.4, 0.5) is 0 Å². The molecule has 0 aliphatic heterocycles. The molecule has 7 nitrogen and oxygen atoms in total. The summed E-state index contributed by atoms with van der Waals surface area (Å²) >= 11 is 0. The van der Waals surface area contributed by atoms with Gasteiger partial charge in [-0.05, 0) is 33.5 Å². The van der Waals surface area contributed by atoms with Gasteiger partial charge in [-0.25, -0.2) is 4.79 Å². The highest BCUT2D eigenvalue weighted by atomic mass is 16.5. The Morgan fingerprint density at radius 2 is 1.95 bits per heavy atom. The van der Waals surface area contributed by atoms with Gasteiger partial charge in [0.1, 0.15) is 5.69 Å². The average Bonchev–Trinajstić information content (AvgIpc) is 2.68. The zero-order chi connectivity index (χ0) is 16.0. The number of nitrogens with zero attached hydrogens (tertiary/aromatic N) is 1. The van der Waals surface area contributed by atoms with Crippen molar-refractivity contribution in [2.24, 2.45) is 0 Å². The summed E-state index contributed by atoms with van der Waals surface area (Å²) in [6.07, 6.45) is 0. The summed E-state index contributed by atoms with van der Waals surface area (Å²) in [5.41, 5.74) is 1.45. The summed E-state index contributed by atoms with van der Waals surface area (Å²) in [6.45, 7) is 5.55. The zero-order valence-corrected chi connectivity index (χ0v) is 12.9. The summed E-state index contributed by atoms with van der Waals surface area (Å²) in [5, 5.41) is 11.7. The largest absolute Gasteiger partial charge is 0.477 e. The molecule has 1 rings (SSSR count). The molecule has 0 aliphatic rings. The molecule has 0 spiro atoms. The van der Waals surface area contributed by atoms with Gasteiger partial charge in [0, 0.05) is 18.8 Å². The Bertz CT molecular complexity index is 509. The molecule has 0 saturated heterocycles. The molecule has 0 bridgehead atoms. The van der Waals surface area contributed by atoms with E-state index in [1.807, 2.05) is 19.0 Å². The number of carboxylic acid groups (broad SMARTS) is 1. The molecule has 0 radical (unpaired) electrons. The van der Waals surface area contributed by atoms with E-state index in [1.165, 1.54) is 0 Å². The van der Waals surface area contributed by atoms with Crippen molar-refractivity contribution in [2.75, 3.05) is 40.4 Å². The number of H-pyrrole nitrogens is 1. The van der Waals surface area contributed by atoms with E-state index in [0.717, 1.165) is 6.54 Å². The fraction of sp³-hybridized carbons (Fsp3) is 0.571. The van der Waals surface area contributed by atoms with Crippen LogP contribution in [-0.4, -0.2) is 67.3 Å². The number of ether oxygens (including phenoxy) is 1. The number of carbonyl (C=O) groups is 2. The summed E-state index contributed by atoms with van der Waals surface area (Å²) in [5.74, 6) is -1.35. The van der Waals surface area contributed by atoms with Crippen molar-refractivity contribution in [2.45, 2.75) is 13.8 Å². The van der Waals surface area contributed by atoms with Crippen molar-refractivity contribution < 1.29 is 19.4 Å². The summed E-state index contributed by atoms with van der Waals surface area (Å²) in [6, 6.07) is 0. The third-order valence-electron chi connectivity index (χ3n) is 3.09. The van der Waals surface area contributed by atoms with Crippen molar-refractivity contribution in [3.8, 4) is 0 Å². The lowest BCUT2D eigenvalue weighted by Gasteiger charge is -2.10. The second-order valence-electron chi connectivity index (χ2n) is 5.10. The average molecular weight is 297 g/mol. The van der Waals surface area contributed by atoms with Gasteiger partial charge in [0.25, 0.3) is 5.91 Å². The van der Waals surface area contributed by atoms with E-state index >= 15 is 0 Å². The molecule has 0 saturated carbocycles. The normalized spacial score (nSPS) is 10.9. The van der Waals surface area contributed by atoms with Crippen LogP contribution in [0.3, 0.4) is 0 Å². The number of carboxylic acids is 1. The first-order valence-corrected chi connectivity index (χ1v) is 6.77. The minimum absolute atomic E-state index is 0.0554. The Morgan fingerprint density at radius 3 is 2.48 bits per heavy atom. The van der Waals surface area contributed by atoms with Gasteiger partial charge in [-0.2, -0.15) is 0 Å². The maximum Gasteiger partial charge on any atom is 0.352 e. The van der Waals surface area contributed by atoms with E-state index in [1.54, 1.807) is 13.8 Å². The Hall–Kier alpha value is -1.86. The topological polar surface area (TPSA) is 94.7 Å². The Kier molecular flexibility index (Phi) is 6.39. The lowest BCUT2D eigenvalue weighted by Crippen LogP contribution is -2.29. The maximum atomic E-state index is 12.1. The standard InChI is InChI=1S/C14H23N3O4/c1-9-11(10(2)16-12(9)14(19)20)13(18)15-5-7-21-8-6-17(3)4/h16H,5-8H2,1-4H3,(H,15,18)(H,19,20). The number of hydrogen-bond acceptors (Lipinski definition) is 4. The molecule has 1 heterocycles. The number of carbonyl (C=O) groups excluding carboxylic acids is 1. The summed E-state index contributed by atoms with van der Waals surface area (Å²) in [4.78, 5) is 27.8. The number of rotatable bonds is 8. The van der Waals surface area contributed by atoms with Gasteiger partial charge in [-0.3, -0.25) is 4.79 Å². The quantitative estimate of drug-likeness (QED) is 0.612. The molecular formula is C14H23N3O4. The second kappa shape index (κ2) is 7.80. The maximum absolute atomic E-state index is 12.1. The van der Waals surface area contributed by atoms with Gasteiger partial charge in [-0.15, -0.1) is 0 Å². The molecule has 118 valence electrons. The minimum Gasteiger partial charge on any atom is -0.477 e.